The lowest BCUT2D eigenvalue weighted by Crippen LogP contribution is -2.14. The van der Waals surface area contributed by atoms with Crippen molar-refractivity contribution in [2.75, 3.05) is 6.61 Å². The van der Waals surface area contributed by atoms with E-state index in [0.29, 0.717) is 12.8 Å². The van der Waals surface area contributed by atoms with E-state index in [-0.39, 0.29) is 24.9 Å². The lowest BCUT2D eigenvalue weighted by molar-refractivity contribution is 0.0834. The summed E-state index contributed by atoms with van der Waals surface area (Å²) < 4.78 is 0. The van der Waals surface area contributed by atoms with Crippen molar-refractivity contribution in [2.24, 2.45) is 0 Å². The zero-order valence-electron chi connectivity index (χ0n) is 21.5. The lowest BCUT2D eigenvalue weighted by atomic mass is 10.0. The molecule has 0 saturated heterocycles. The molecule has 0 radical (unpaired) electrons. The average Bonchev–Trinajstić information content (AvgIpc) is 2.74. The number of rotatable bonds is 26. The summed E-state index contributed by atoms with van der Waals surface area (Å²) in [5.74, 6) is 0. The van der Waals surface area contributed by atoms with Gasteiger partial charge in [0.2, 0.25) is 0 Å². The first-order chi connectivity index (χ1) is 15.6. The quantitative estimate of drug-likeness (QED) is 0.105. The Balaban J connectivity index is 3.09. The van der Waals surface area contributed by atoms with E-state index in [1.165, 1.54) is 109 Å². The van der Waals surface area contributed by atoms with E-state index in [1.54, 1.807) is 6.92 Å². The lowest BCUT2D eigenvalue weighted by Gasteiger charge is -2.11. The van der Waals surface area contributed by atoms with Crippen molar-refractivity contribution in [2.45, 2.75) is 173 Å². The largest absolute Gasteiger partial charge is 0.396 e. The Bertz CT molecular complexity index is 348. The average molecular weight is 459 g/mol. The Morgan fingerprint density at radius 3 is 0.969 bits per heavy atom. The Hall–Kier alpha value is -0.160. The molecule has 0 aliphatic rings. The first-order valence-corrected chi connectivity index (χ1v) is 14.2. The third-order valence-electron chi connectivity index (χ3n) is 6.65. The van der Waals surface area contributed by atoms with Crippen molar-refractivity contribution in [1.82, 2.24) is 0 Å². The van der Waals surface area contributed by atoms with E-state index in [1.807, 2.05) is 0 Å². The van der Waals surface area contributed by atoms with Crippen molar-refractivity contribution >= 4 is 0 Å². The molecule has 0 aromatic carbocycles. The molecular weight excluding hydrogens is 400 g/mol. The molecule has 0 heterocycles. The summed E-state index contributed by atoms with van der Waals surface area (Å²) >= 11 is 0. The summed E-state index contributed by atoms with van der Waals surface area (Å²) in [6.07, 6.45) is 26.9. The van der Waals surface area contributed by atoms with E-state index < -0.39 is 0 Å². The number of aliphatic hydroxyl groups excluding tert-OH is 4. The van der Waals surface area contributed by atoms with Crippen LogP contribution in [0.5, 0.6) is 0 Å². The Morgan fingerprint density at radius 2 is 0.688 bits per heavy atom. The van der Waals surface area contributed by atoms with Crippen molar-refractivity contribution in [3.8, 4) is 0 Å². The summed E-state index contributed by atoms with van der Waals surface area (Å²) in [6, 6.07) is 0. The molecule has 0 aromatic heterocycles. The molecule has 0 saturated carbocycles. The SMILES string of the molecule is CC(O)CC(O)CCCCCCCCCCCCCCCCCCCCCC(O)CCO. The monoisotopic (exact) mass is 458 g/mol. The maximum absolute atomic E-state index is 9.73. The van der Waals surface area contributed by atoms with Crippen LogP contribution in [0, 0.1) is 0 Å². The molecule has 4 nitrogen and oxygen atoms in total. The Labute approximate surface area is 200 Å². The smallest absolute Gasteiger partial charge is 0.0564 e. The first-order valence-electron chi connectivity index (χ1n) is 14.2. The molecule has 0 rings (SSSR count). The highest BCUT2D eigenvalue weighted by atomic mass is 16.3. The summed E-state index contributed by atoms with van der Waals surface area (Å²) in [5.41, 5.74) is 0. The fraction of sp³-hybridized carbons (Fsp3) is 1.00. The van der Waals surface area contributed by atoms with Crippen molar-refractivity contribution in [1.29, 1.82) is 0 Å². The molecular formula is C28H58O4. The minimum absolute atomic E-state index is 0.0997. The molecule has 4 heteroatoms. The zero-order chi connectivity index (χ0) is 23.7. The van der Waals surface area contributed by atoms with Crippen LogP contribution in [-0.2, 0) is 0 Å². The molecule has 0 spiro atoms. The van der Waals surface area contributed by atoms with Crippen LogP contribution in [0.1, 0.15) is 155 Å². The summed E-state index contributed by atoms with van der Waals surface area (Å²) in [6.45, 7) is 1.84. The van der Waals surface area contributed by atoms with E-state index in [9.17, 15) is 15.3 Å². The first kappa shape index (κ1) is 31.8. The van der Waals surface area contributed by atoms with Crippen LogP contribution in [-0.4, -0.2) is 45.3 Å². The van der Waals surface area contributed by atoms with Gasteiger partial charge in [0.05, 0.1) is 18.3 Å². The standard InChI is InChI=1S/C28H58O4/c1-26(30)25-28(32)22-20-18-16-14-12-10-8-6-4-2-3-5-7-9-11-13-15-17-19-21-27(31)23-24-29/h26-32H,2-25H2,1H3. The van der Waals surface area contributed by atoms with Gasteiger partial charge in [0, 0.05) is 6.61 Å². The van der Waals surface area contributed by atoms with Gasteiger partial charge in [0.15, 0.2) is 0 Å². The van der Waals surface area contributed by atoms with E-state index in [2.05, 4.69) is 0 Å². The molecule has 0 fully saturated rings. The van der Waals surface area contributed by atoms with Gasteiger partial charge in [-0.05, 0) is 32.6 Å². The summed E-state index contributed by atoms with van der Waals surface area (Å²) in [4.78, 5) is 0. The van der Waals surface area contributed by atoms with E-state index in [4.69, 9.17) is 5.11 Å². The predicted octanol–water partition coefficient (Wildman–Crippen LogP) is 7.05. The van der Waals surface area contributed by atoms with Crippen LogP contribution in [0.15, 0.2) is 0 Å². The molecule has 0 bridgehead atoms. The maximum Gasteiger partial charge on any atom is 0.0564 e. The molecule has 0 aromatic rings. The van der Waals surface area contributed by atoms with Gasteiger partial charge < -0.3 is 20.4 Å². The maximum atomic E-state index is 9.73. The van der Waals surface area contributed by atoms with Crippen molar-refractivity contribution < 1.29 is 20.4 Å². The van der Waals surface area contributed by atoms with Crippen molar-refractivity contribution in [3.05, 3.63) is 0 Å². The molecule has 32 heavy (non-hydrogen) atoms. The molecule has 0 aliphatic heterocycles. The Kier molecular flexibility index (Phi) is 25.3. The molecule has 0 amide bonds. The number of hydrogen-bond donors (Lipinski definition) is 4. The predicted molar refractivity (Wildman–Crippen MR) is 137 cm³/mol. The topological polar surface area (TPSA) is 80.9 Å². The van der Waals surface area contributed by atoms with Crippen LogP contribution in [0.25, 0.3) is 0 Å². The van der Waals surface area contributed by atoms with Gasteiger partial charge in [-0.1, -0.05) is 122 Å². The second kappa shape index (κ2) is 25.5. The molecule has 194 valence electrons. The normalized spacial score (nSPS) is 14.5. The molecule has 3 atom stereocenters. The minimum atomic E-state index is -0.387. The Morgan fingerprint density at radius 1 is 0.406 bits per heavy atom. The fourth-order valence-electron chi connectivity index (χ4n) is 4.57. The van der Waals surface area contributed by atoms with E-state index >= 15 is 0 Å². The van der Waals surface area contributed by atoms with Crippen LogP contribution < -0.4 is 0 Å². The number of aliphatic hydroxyl groups is 4. The minimum Gasteiger partial charge on any atom is -0.396 e. The van der Waals surface area contributed by atoms with Crippen LogP contribution in [0.4, 0.5) is 0 Å². The second-order valence-electron chi connectivity index (χ2n) is 10.2. The summed E-state index contributed by atoms with van der Waals surface area (Å²) in [7, 11) is 0. The van der Waals surface area contributed by atoms with Gasteiger partial charge in [-0.2, -0.15) is 0 Å². The zero-order valence-corrected chi connectivity index (χ0v) is 21.5. The van der Waals surface area contributed by atoms with Gasteiger partial charge in [-0.25, -0.2) is 0 Å². The third-order valence-corrected chi connectivity index (χ3v) is 6.65. The van der Waals surface area contributed by atoms with Gasteiger partial charge >= 0.3 is 0 Å². The van der Waals surface area contributed by atoms with E-state index in [0.717, 1.165) is 25.7 Å². The summed E-state index contributed by atoms with van der Waals surface area (Å²) in [5, 5.41) is 37.3. The molecule has 3 unspecified atom stereocenters. The van der Waals surface area contributed by atoms with Crippen LogP contribution >= 0.6 is 0 Å². The number of unbranched alkanes of at least 4 members (excludes halogenated alkanes) is 18. The van der Waals surface area contributed by atoms with Gasteiger partial charge in [0.1, 0.15) is 0 Å². The van der Waals surface area contributed by atoms with Crippen LogP contribution in [0.3, 0.4) is 0 Å². The van der Waals surface area contributed by atoms with Gasteiger partial charge in [0.25, 0.3) is 0 Å². The van der Waals surface area contributed by atoms with Gasteiger partial charge in [-0.3, -0.25) is 0 Å². The third kappa shape index (κ3) is 26.1. The van der Waals surface area contributed by atoms with Crippen molar-refractivity contribution in [3.63, 3.8) is 0 Å². The van der Waals surface area contributed by atoms with Gasteiger partial charge in [-0.15, -0.1) is 0 Å². The fourth-order valence-corrected chi connectivity index (χ4v) is 4.57. The number of hydrogen-bond acceptors (Lipinski definition) is 4. The van der Waals surface area contributed by atoms with Crippen LogP contribution in [0.2, 0.25) is 0 Å². The second-order valence-corrected chi connectivity index (χ2v) is 10.2. The highest BCUT2D eigenvalue weighted by Gasteiger charge is 2.07. The molecule has 0 aliphatic carbocycles. The molecule has 4 N–H and O–H groups in total. The highest BCUT2D eigenvalue weighted by Crippen LogP contribution is 2.16. The highest BCUT2D eigenvalue weighted by molar-refractivity contribution is 4.60.